The molecule has 3 nitrogen and oxygen atoms in total. The van der Waals surface area contributed by atoms with Crippen LogP contribution in [0.3, 0.4) is 0 Å². The molecule has 0 bridgehead atoms. The van der Waals surface area contributed by atoms with E-state index in [0.717, 1.165) is 50.1 Å². The Kier molecular flexibility index (Phi) is 11.0. The number of hydrogen-bond donors (Lipinski definition) is 0. The minimum absolute atomic E-state index is 0.0682. The normalized spacial score (nSPS) is 11.3. The first-order valence-corrected chi connectivity index (χ1v) is 17.8. The molecule has 0 unspecified atom stereocenters. The van der Waals surface area contributed by atoms with Crippen molar-refractivity contribution < 1.29 is 14.4 Å². The van der Waals surface area contributed by atoms with Crippen molar-refractivity contribution in [3.8, 4) is 33.4 Å². The van der Waals surface area contributed by atoms with Crippen LogP contribution in [0.4, 0.5) is 0 Å². The molecule has 0 N–H and O–H groups in total. The van der Waals surface area contributed by atoms with Gasteiger partial charge in [0.25, 0.3) is 0 Å². The average molecular weight is 697 g/mol. The van der Waals surface area contributed by atoms with Crippen molar-refractivity contribution in [3.05, 3.63) is 234 Å². The van der Waals surface area contributed by atoms with Gasteiger partial charge in [0.1, 0.15) is 0 Å². The van der Waals surface area contributed by atoms with Crippen molar-refractivity contribution in [1.29, 1.82) is 0 Å². The lowest BCUT2D eigenvalue weighted by molar-refractivity contribution is 0.103. The number of carbonyl (C=O) groups excluding carboxylic acids is 3. The summed E-state index contributed by atoms with van der Waals surface area (Å²) in [7, 11) is 0. The van der Waals surface area contributed by atoms with Gasteiger partial charge in [-0.15, -0.1) is 0 Å². The van der Waals surface area contributed by atoms with Gasteiger partial charge < -0.3 is 0 Å². The first-order chi connectivity index (χ1) is 26.5. The average Bonchev–Trinajstić information content (AvgIpc) is 3.25. The molecule has 0 aliphatic carbocycles. The van der Waals surface area contributed by atoms with Gasteiger partial charge in [0.05, 0.1) is 0 Å². The molecule has 0 aromatic heterocycles. The van der Waals surface area contributed by atoms with E-state index in [1.54, 1.807) is 18.2 Å². The third kappa shape index (κ3) is 8.97. The Morgan fingerprint density at radius 3 is 0.759 bits per heavy atom. The summed E-state index contributed by atoms with van der Waals surface area (Å²) in [5.74, 6) is -0.205. The molecule has 0 aliphatic rings. The Bertz CT molecular complexity index is 2180. The highest BCUT2D eigenvalue weighted by molar-refractivity contribution is 6.08. The van der Waals surface area contributed by atoms with E-state index in [-0.39, 0.29) is 17.3 Å². The lowest BCUT2D eigenvalue weighted by Gasteiger charge is -2.12. The van der Waals surface area contributed by atoms with Crippen LogP contribution in [0.5, 0.6) is 0 Å². The van der Waals surface area contributed by atoms with Crippen molar-refractivity contribution in [2.45, 2.75) is 0 Å². The van der Waals surface area contributed by atoms with Gasteiger partial charge in [-0.3, -0.25) is 14.4 Å². The van der Waals surface area contributed by atoms with Crippen LogP contribution in [0.15, 0.2) is 200 Å². The van der Waals surface area contributed by atoms with Gasteiger partial charge in [-0.2, -0.15) is 0 Å². The maximum atomic E-state index is 13.0. The highest BCUT2D eigenvalue weighted by atomic mass is 16.1. The van der Waals surface area contributed by atoms with E-state index in [9.17, 15) is 14.4 Å². The van der Waals surface area contributed by atoms with Gasteiger partial charge in [-0.1, -0.05) is 182 Å². The first-order valence-electron chi connectivity index (χ1n) is 17.8. The molecule has 0 saturated heterocycles. The Hall–Kier alpha value is -7.23. The number of ketones is 3. The molecule has 54 heavy (non-hydrogen) atoms. The summed E-state index contributed by atoms with van der Waals surface area (Å²) < 4.78 is 0. The fourth-order valence-corrected chi connectivity index (χ4v) is 6.11. The molecule has 7 rings (SSSR count). The Morgan fingerprint density at radius 2 is 0.519 bits per heavy atom. The zero-order valence-electron chi connectivity index (χ0n) is 29.5. The van der Waals surface area contributed by atoms with E-state index in [2.05, 4.69) is 18.2 Å². The fraction of sp³-hybridized carbons (Fsp3) is 0. The minimum Gasteiger partial charge on any atom is -0.289 e. The lowest BCUT2D eigenvalue weighted by atomic mass is 9.92. The van der Waals surface area contributed by atoms with E-state index in [4.69, 9.17) is 0 Å². The van der Waals surface area contributed by atoms with Gasteiger partial charge in [0.15, 0.2) is 17.3 Å². The summed E-state index contributed by atoms with van der Waals surface area (Å²) in [6.45, 7) is 0. The zero-order valence-corrected chi connectivity index (χ0v) is 29.5. The monoisotopic (exact) mass is 696 g/mol. The molecule has 0 radical (unpaired) electrons. The Labute approximate surface area is 315 Å². The Morgan fingerprint density at radius 1 is 0.278 bits per heavy atom. The van der Waals surface area contributed by atoms with Crippen LogP contribution in [0.2, 0.25) is 0 Å². The van der Waals surface area contributed by atoms with Crippen molar-refractivity contribution in [2.75, 3.05) is 0 Å². The van der Waals surface area contributed by atoms with Crippen LogP contribution in [0.25, 0.3) is 51.6 Å². The molecule has 0 atom stereocenters. The zero-order chi connectivity index (χ0) is 37.1. The second kappa shape index (κ2) is 16.9. The third-order valence-electron chi connectivity index (χ3n) is 9.12. The molecule has 258 valence electrons. The largest absolute Gasteiger partial charge is 0.289 e. The number of benzene rings is 7. The molecule has 7 aromatic rings. The van der Waals surface area contributed by atoms with Crippen LogP contribution in [-0.2, 0) is 0 Å². The fourth-order valence-electron chi connectivity index (χ4n) is 6.11. The highest BCUT2D eigenvalue weighted by Gasteiger charge is 2.11. The molecule has 0 heterocycles. The van der Waals surface area contributed by atoms with Gasteiger partial charge in [0.2, 0.25) is 0 Å². The Balaban J connectivity index is 1.18. The van der Waals surface area contributed by atoms with Gasteiger partial charge >= 0.3 is 0 Å². The van der Waals surface area contributed by atoms with Crippen molar-refractivity contribution in [3.63, 3.8) is 0 Å². The lowest BCUT2D eigenvalue weighted by Crippen LogP contribution is -1.95. The second-order valence-corrected chi connectivity index (χ2v) is 12.9. The number of rotatable bonds is 12. The summed E-state index contributed by atoms with van der Waals surface area (Å²) in [4.78, 5) is 38.9. The molecule has 0 aliphatic heterocycles. The number of hydrogen-bond acceptors (Lipinski definition) is 3. The maximum absolute atomic E-state index is 13.0. The summed E-state index contributed by atoms with van der Waals surface area (Å²) in [5.41, 5.74) is 10.5. The van der Waals surface area contributed by atoms with E-state index in [0.29, 0.717) is 16.7 Å². The molecule has 0 saturated carbocycles. The van der Waals surface area contributed by atoms with Gasteiger partial charge in [-0.05, 0) is 86.5 Å². The molecule has 3 heteroatoms. The van der Waals surface area contributed by atoms with Crippen LogP contribution in [0.1, 0.15) is 47.8 Å². The summed E-state index contributed by atoms with van der Waals surface area (Å²) in [6, 6.07) is 58.5. The molecule has 7 aromatic carbocycles. The summed E-state index contributed by atoms with van der Waals surface area (Å²) >= 11 is 0. The molecule has 0 amide bonds. The summed E-state index contributed by atoms with van der Waals surface area (Å²) in [5, 5.41) is 0. The van der Waals surface area contributed by atoms with Gasteiger partial charge in [0, 0.05) is 16.7 Å². The molecule has 0 spiro atoms. The third-order valence-corrected chi connectivity index (χ3v) is 9.12. The van der Waals surface area contributed by atoms with E-state index in [1.165, 1.54) is 0 Å². The van der Waals surface area contributed by atoms with E-state index in [1.807, 2.05) is 182 Å². The summed E-state index contributed by atoms with van der Waals surface area (Å²) in [6.07, 6.45) is 10.3. The smallest absolute Gasteiger partial charge is 0.185 e. The molecule has 0 fully saturated rings. The molecular formula is C51H36O3. The SMILES string of the molecule is O=C(C=Cc1ccccc1)c1ccc(-c2cc(-c3ccc(C(=O)C=Cc4ccccc4)cc3)cc(-c3ccc(C(=O)C=Cc4ccccc4)cc3)c2)cc1. The van der Waals surface area contributed by atoms with Crippen LogP contribution in [-0.4, -0.2) is 17.3 Å². The van der Waals surface area contributed by atoms with E-state index >= 15 is 0 Å². The quantitative estimate of drug-likeness (QED) is 0.0944. The number of allylic oxidation sites excluding steroid dienone is 3. The van der Waals surface area contributed by atoms with Crippen LogP contribution < -0.4 is 0 Å². The van der Waals surface area contributed by atoms with Crippen molar-refractivity contribution >= 4 is 35.6 Å². The van der Waals surface area contributed by atoms with Crippen molar-refractivity contribution in [1.82, 2.24) is 0 Å². The van der Waals surface area contributed by atoms with Crippen molar-refractivity contribution in [2.24, 2.45) is 0 Å². The van der Waals surface area contributed by atoms with Crippen LogP contribution >= 0.6 is 0 Å². The predicted octanol–water partition coefficient (Wildman–Crippen LogP) is 12.4. The van der Waals surface area contributed by atoms with Crippen LogP contribution in [0, 0.1) is 0 Å². The second-order valence-electron chi connectivity index (χ2n) is 12.9. The van der Waals surface area contributed by atoms with Gasteiger partial charge in [-0.25, -0.2) is 0 Å². The number of carbonyl (C=O) groups is 3. The topological polar surface area (TPSA) is 51.2 Å². The standard InChI is InChI=1S/C51H36O3/c52-49(31-16-37-10-4-1-5-11-37)43-25-19-40(20-26-43)46-34-47(41-21-27-44(28-22-41)50(53)32-17-38-12-6-2-7-13-38)36-48(35-46)42-23-29-45(30-24-42)51(54)33-18-39-14-8-3-9-15-39/h1-36H. The maximum Gasteiger partial charge on any atom is 0.185 e. The minimum atomic E-state index is -0.0682. The highest BCUT2D eigenvalue weighted by Crippen LogP contribution is 2.34. The van der Waals surface area contributed by atoms with E-state index < -0.39 is 0 Å². The molecular weight excluding hydrogens is 661 g/mol. The predicted molar refractivity (Wildman–Crippen MR) is 222 cm³/mol. The first kappa shape index (κ1) is 35.2.